The normalized spacial score (nSPS) is 15.1. The van der Waals surface area contributed by atoms with Crippen LogP contribution in [-0.2, 0) is 11.3 Å². The number of rotatable bonds is 5. The molecule has 2 amide bonds. The van der Waals surface area contributed by atoms with Gasteiger partial charge >= 0.3 is 0 Å². The topological polar surface area (TPSA) is 62.3 Å². The van der Waals surface area contributed by atoms with Crippen LogP contribution in [0, 0.1) is 19.8 Å². The highest BCUT2D eigenvalue weighted by Gasteiger charge is 2.27. The van der Waals surface area contributed by atoms with Gasteiger partial charge in [0.2, 0.25) is 5.91 Å². The lowest BCUT2D eigenvalue weighted by atomic mass is 9.96. The van der Waals surface area contributed by atoms with Crippen molar-refractivity contribution in [2.24, 2.45) is 5.92 Å². The van der Waals surface area contributed by atoms with Crippen LogP contribution in [0.4, 0.5) is 0 Å². The van der Waals surface area contributed by atoms with Crippen molar-refractivity contribution < 1.29 is 9.59 Å². The van der Waals surface area contributed by atoms with Gasteiger partial charge in [-0.2, -0.15) is 0 Å². The van der Waals surface area contributed by atoms with Crippen molar-refractivity contribution in [1.29, 1.82) is 0 Å². The molecule has 0 unspecified atom stereocenters. The molecule has 0 saturated carbocycles. The predicted molar refractivity (Wildman–Crippen MR) is 113 cm³/mol. The Balaban J connectivity index is 1.55. The van der Waals surface area contributed by atoms with Crippen molar-refractivity contribution in [3.8, 4) is 0 Å². The minimum absolute atomic E-state index is 0.0165. The minimum Gasteiger partial charge on any atom is -0.350 e. The number of nitrogens with zero attached hydrogens (tertiary/aromatic N) is 2. The molecule has 1 aromatic carbocycles. The molecule has 2 heterocycles. The van der Waals surface area contributed by atoms with Gasteiger partial charge in [-0.15, -0.1) is 11.3 Å². The molecule has 0 bridgehead atoms. The van der Waals surface area contributed by atoms with Gasteiger partial charge in [0.05, 0.1) is 17.2 Å². The number of aromatic nitrogens is 1. The van der Waals surface area contributed by atoms with Gasteiger partial charge in [-0.05, 0) is 38.3 Å². The molecule has 0 radical (unpaired) electrons. The summed E-state index contributed by atoms with van der Waals surface area (Å²) in [6.07, 6.45) is 1.86. The lowest BCUT2D eigenvalue weighted by Gasteiger charge is -2.31. The Kier molecular flexibility index (Phi) is 6.50. The van der Waals surface area contributed by atoms with Gasteiger partial charge in [0.25, 0.3) is 5.91 Å². The lowest BCUT2D eigenvalue weighted by molar-refractivity contribution is -0.124. The fourth-order valence-electron chi connectivity index (χ4n) is 3.53. The summed E-state index contributed by atoms with van der Waals surface area (Å²) in [5, 5.41) is 6.07. The number of carbonyl (C=O) groups is 2. The van der Waals surface area contributed by atoms with Crippen LogP contribution in [0.25, 0.3) is 0 Å². The summed E-state index contributed by atoms with van der Waals surface area (Å²) in [5.41, 5.74) is 3.95. The van der Waals surface area contributed by atoms with E-state index in [1.807, 2.05) is 50.1 Å². The lowest BCUT2D eigenvalue weighted by Crippen LogP contribution is -2.38. The molecule has 0 spiro atoms. The van der Waals surface area contributed by atoms with Crippen molar-refractivity contribution in [3.63, 3.8) is 0 Å². The highest BCUT2D eigenvalue weighted by Crippen LogP contribution is 2.31. The molecule has 1 saturated heterocycles. The van der Waals surface area contributed by atoms with E-state index < -0.39 is 0 Å². The van der Waals surface area contributed by atoms with Crippen LogP contribution in [0.2, 0.25) is 0 Å². The minimum atomic E-state index is -0.0165. The summed E-state index contributed by atoms with van der Waals surface area (Å²) < 4.78 is 0. The summed E-state index contributed by atoms with van der Waals surface area (Å²) in [5.74, 6) is 0.555. The van der Waals surface area contributed by atoms with E-state index in [0.717, 1.165) is 47.8 Å². The highest BCUT2D eigenvalue weighted by atomic mass is 32.1. The standard InChI is InChI=1S/C22H29N3O2S/c1-14(2)20(26)23-12-18-13-28-21(24-18)17-7-9-25(10-8-17)22(27)19-6-5-15(3)11-16(19)4/h5-6,11,13-14,17H,7-10,12H2,1-4H3,(H,23,26). The van der Waals surface area contributed by atoms with Crippen molar-refractivity contribution in [2.45, 2.75) is 53.0 Å². The van der Waals surface area contributed by atoms with Crippen molar-refractivity contribution >= 4 is 23.2 Å². The van der Waals surface area contributed by atoms with E-state index in [1.165, 1.54) is 5.56 Å². The quantitative estimate of drug-likeness (QED) is 0.825. The summed E-state index contributed by atoms with van der Waals surface area (Å²) in [6.45, 7) is 9.82. The number of likely N-dealkylation sites (tertiary alicyclic amines) is 1. The van der Waals surface area contributed by atoms with E-state index in [-0.39, 0.29) is 17.7 Å². The number of carbonyl (C=O) groups excluding carboxylic acids is 2. The summed E-state index contributed by atoms with van der Waals surface area (Å²) in [6, 6.07) is 6.01. The molecule has 3 rings (SSSR count). The first kappa shape index (κ1) is 20.5. The molecule has 1 aliphatic heterocycles. The van der Waals surface area contributed by atoms with E-state index in [0.29, 0.717) is 12.5 Å². The third-order valence-electron chi connectivity index (χ3n) is 5.28. The number of hydrogen-bond acceptors (Lipinski definition) is 4. The zero-order valence-corrected chi connectivity index (χ0v) is 17.9. The second-order valence-electron chi connectivity index (χ2n) is 7.93. The number of piperidine rings is 1. The average molecular weight is 400 g/mol. The second kappa shape index (κ2) is 8.86. The first-order chi connectivity index (χ1) is 13.3. The van der Waals surface area contributed by atoms with Crippen molar-refractivity contribution in [3.05, 3.63) is 51.0 Å². The largest absolute Gasteiger partial charge is 0.350 e. The van der Waals surface area contributed by atoms with Gasteiger partial charge < -0.3 is 10.2 Å². The van der Waals surface area contributed by atoms with Gasteiger partial charge in [-0.1, -0.05) is 31.5 Å². The van der Waals surface area contributed by atoms with E-state index in [4.69, 9.17) is 4.98 Å². The zero-order valence-electron chi connectivity index (χ0n) is 17.1. The summed E-state index contributed by atoms with van der Waals surface area (Å²) in [7, 11) is 0. The Morgan fingerprint density at radius 2 is 1.96 bits per heavy atom. The van der Waals surface area contributed by atoms with Gasteiger partial charge in [0.1, 0.15) is 0 Å². The molecule has 2 aromatic rings. The van der Waals surface area contributed by atoms with Crippen LogP contribution < -0.4 is 5.32 Å². The molecule has 28 heavy (non-hydrogen) atoms. The Hall–Kier alpha value is -2.21. The first-order valence-electron chi connectivity index (χ1n) is 9.93. The number of hydrogen-bond donors (Lipinski definition) is 1. The Labute approximate surface area is 171 Å². The Bertz CT molecular complexity index is 851. The average Bonchev–Trinajstić information content (AvgIpc) is 3.14. The van der Waals surface area contributed by atoms with Crippen LogP contribution in [0.1, 0.15) is 64.8 Å². The SMILES string of the molecule is Cc1ccc(C(=O)N2CCC(c3nc(CNC(=O)C(C)C)cs3)CC2)c(C)c1. The molecule has 1 N–H and O–H groups in total. The smallest absolute Gasteiger partial charge is 0.254 e. The maximum absolute atomic E-state index is 12.9. The fraction of sp³-hybridized carbons (Fsp3) is 0.500. The van der Waals surface area contributed by atoms with Crippen LogP contribution >= 0.6 is 11.3 Å². The van der Waals surface area contributed by atoms with E-state index in [9.17, 15) is 9.59 Å². The van der Waals surface area contributed by atoms with Crippen LogP contribution in [0.3, 0.4) is 0 Å². The third-order valence-corrected chi connectivity index (χ3v) is 6.34. The maximum Gasteiger partial charge on any atom is 0.254 e. The number of thiazole rings is 1. The van der Waals surface area contributed by atoms with Crippen LogP contribution in [0.15, 0.2) is 23.6 Å². The second-order valence-corrected chi connectivity index (χ2v) is 8.82. The molecule has 150 valence electrons. The molecule has 1 aliphatic rings. The van der Waals surface area contributed by atoms with Crippen molar-refractivity contribution in [1.82, 2.24) is 15.2 Å². The molecular formula is C22H29N3O2S. The molecule has 0 atom stereocenters. The summed E-state index contributed by atoms with van der Waals surface area (Å²) >= 11 is 1.66. The number of amides is 2. The monoisotopic (exact) mass is 399 g/mol. The predicted octanol–water partition coefficient (Wildman–Crippen LogP) is 4.05. The molecular weight excluding hydrogens is 370 g/mol. The molecule has 0 aliphatic carbocycles. The molecule has 6 heteroatoms. The van der Waals surface area contributed by atoms with Gasteiger partial charge in [-0.3, -0.25) is 9.59 Å². The first-order valence-corrected chi connectivity index (χ1v) is 10.8. The van der Waals surface area contributed by atoms with Gasteiger partial charge in [0, 0.05) is 35.9 Å². The number of benzene rings is 1. The summed E-state index contributed by atoms with van der Waals surface area (Å²) in [4.78, 5) is 31.2. The maximum atomic E-state index is 12.9. The number of nitrogens with one attached hydrogen (secondary N) is 1. The highest BCUT2D eigenvalue weighted by molar-refractivity contribution is 7.09. The Morgan fingerprint density at radius 3 is 2.61 bits per heavy atom. The third kappa shape index (κ3) is 4.79. The van der Waals surface area contributed by atoms with Crippen LogP contribution in [0.5, 0.6) is 0 Å². The van der Waals surface area contributed by atoms with Gasteiger partial charge in [-0.25, -0.2) is 4.98 Å². The van der Waals surface area contributed by atoms with Gasteiger partial charge in [0.15, 0.2) is 0 Å². The van der Waals surface area contributed by atoms with E-state index in [2.05, 4.69) is 11.4 Å². The fourth-order valence-corrected chi connectivity index (χ4v) is 4.52. The number of aryl methyl sites for hydroxylation is 2. The zero-order chi connectivity index (χ0) is 20.3. The van der Waals surface area contributed by atoms with Crippen LogP contribution in [-0.4, -0.2) is 34.8 Å². The Morgan fingerprint density at radius 1 is 1.25 bits per heavy atom. The molecule has 1 aromatic heterocycles. The molecule has 5 nitrogen and oxygen atoms in total. The van der Waals surface area contributed by atoms with E-state index in [1.54, 1.807) is 11.3 Å². The molecule has 1 fully saturated rings. The van der Waals surface area contributed by atoms with Crippen molar-refractivity contribution in [2.75, 3.05) is 13.1 Å². The van der Waals surface area contributed by atoms with E-state index >= 15 is 0 Å².